The number of rotatable bonds is 4. The normalized spacial score (nSPS) is 11.8. The molecule has 3 rings (SSSR count). The number of fused-ring (bicyclic) bond motifs is 1. The van der Waals surface area contributed by atoms with Gasteiger partial charge in [0.1, 0.15) is 0 Å². The van der Waals surface area contributed by atoms with Gasteiger partial charge in [-0.3, -0.25) is 4.79 Å². The number of aryl methyl sites for hydroxylation is 3. The summed E-state index contributed by atoms with van der Waals surface area (Å²) in [5.74, 6) is -0.436. The number of alkyl halides is 3. The number of benzene rings is 1. The van der Waals surface area contributed by atoms with Crippen molar-refractivity contribution in [1.29, 1.82) is 0 Å². The van der Waals surface area contributed by atoms with E-state index in [1.807, 2.05) is 6.92 Å². The molecule has 142 valence electrons. The highest BCUT2D eigenvalue weighted by atomic mass is 35.5. The fraction of sp³-hybridized carbons (Fsp3) is 0.278. The highest BCUT2D eigenvalue weighted by Gasteiger charge is 2.30. The molecular formula is C18H15ClF3N3O2. The Labute approximate surface area is 157 Å². The maximum absolute atomic E-state index is 12.7. The van der Waals surface area contributed by atoms with Gasteiger partial charge in [0.25, 0.3) is 5.71 Å². The third-order valence-corrected chi connectivity index (χ3v) is 4.66. The van der Waals surface area contributed by atoms with Gasteiger partial charge in [-0.25, -0.2) is 4.98 Å². The van der Waals surface area contributed by atoms with E-state index in [9.17, 15) is 18.0 Å². The third-order valence-electron chi connectivity index (χ3n) is 4.10. The van der Waals surface area contributed by atoms with Crippen LogP contribution in [0, 0.1) is 13.8 Å². The molecule has 0 aliphatic heterocycles. The highest BCUT2D eigenvalue weighted by Crippen LogP contribution is 2.31. The number of nitrogens with one attached hydrogen (secondary N) is 1. The maximum atomic E-state index is 12.7. The first kappa shape index (κ1) is 19.2. The van der Waals surface area contributed by atoms with Gasteiger partial charge in [0.2, 0.25) is 5.91 Å². The third kappa shape index (κ3) is 4.05. The summed E-state index contributed by atoms with van der Waals surface area (Å²) in [6, 6.07) is 4.47. The number of amides is 1. The second-order valence-electron chi connectivity index (χ2n) is 6.07. The van der Waals surface area contributed by atoms with E-state index in [0.717, 1.165) is 17.7 Å². The number of carbonyl (C=O) groups is 1. The molecule has 0 radical (unpaired) electrons. The predicted molar refractivity (Wildman–Crippen MR) is 94.7 cm³/mol. The van der Waals surface area contributed by atoms with E-state index in [-0.39, 0.29) is 18.5 Å². The molecule has 5 nitrogen and oxygen atoms in total. The van der Waals surface area contributed by atoms with Crippen LogP contribution in [0.15, 0.2) is 28.8 Å². The van der Waals surface area contributed by atoms with Crippen molar-refractivity contribution in [2.45, 2.75) is 32.9 Å². The van der Waals surface area contributed by atoms with E-state index >= 15 is 0 Å². The summed E-state index contributed by atoms with van der Waals surface area (Å²) in [7, 11) is 0. The number of anilines is 1. The Bertz CT molecular complexity index is 1010. The fourth-order valence-corrected chi connectivity index (χ4v) is 2.88. The van der Waals surface area contributed by atoms with E-state index in [1.54, 1.807) is 6.92 Å². The van der Waals surface area contributed by atoms with Gasteiger partial charge in [-0.15, -0.1) is 0 Å². The number of halogens is 4. The molecule has 0 saturated carbocycles. The number of carbonyl (C=O) groups excluding carboxylic acids is 1. The lowest BCUT2D eigenvalue weighted by Crippen LogP contribution is -2.13. The minimum absolute atomic E-state index is 0.0167. The molecule has 0 aliphatic carbocycles. The van der Waals surface area contributed by atoms with Gasteiger partial charge >= 0.3 is 6.18 Å². The van der Waals surface area contributed by atoms with E-state index < -0.39 is 17.6 Å². The Kier molecular flexibility index (Phi) is 5.10. The van der Waals surface area contributed by atoms with Crippen LogP contribution in [0.25, 0.3) is 11.1 Å². The number of nitrogens with zero attached hydrogens (tertiary/aromatic N) is 2. The Morgan fingerprint density at radius 3 is 2.74 bits per heavy atom. The molecule has 2 aromatic heterocycles. The summed E-state index contributed by atoms with van der Waals surface area (Å²) in [5, 5.41) is 7.55. The van der Waals surface area contributed by atoms with Gasteiger partial charge < -0.3 is 9.84 Å². The van der Waals surface area contributed by atoms with Gasteiger partial charge in [-0.05, 0) is 37.6 Å². The van der Waals surface area contributed by atoms with Gasteiger partial charge in [0, 0.05) is 18.5 Å². The van der Waals surface area contributed by atoms with Crippen molar-refractivity contribution in [2.24, 2.45) is 0 Å². The summed E-state index contributed by atoms with van der Waals surface area (Å²) in [5.41, 5.74) is 1.49. The molecule has 0 saturated heterocycles. The number of aromatic nitrogens is 2. The Morgan fingerprint density at radius 1 is 1.30 bits per heavy atom. The van der Waals surface area contributed by atoms with Crippen molar-refractivity contribution in [3.63, 3.8) is 0 Å². The summed E-state index contributed by atoms with van der Waals surface area (Å²) in [4.78, 5) is 16.3. The number of pyridine rings is 1. The quantitative estimate of drug-likeness (QED) is 0.666. The topological polar surface area (TPSA) is 68.0 Å². The van der Waals surface area contributed by atoms with Crippen molar-refractivity contribution in [1.82, 2.24) is 10.1 Å². The first-order chi connectivity index (χ1) is 12.7. The second kappa shape index (κ2) is 7.19. The van der Waals surface area contributed by atoms with Crippen molar-refractivity contribution in [2.75, 3.05) is 5.32 Å². The first-order valence-corrected chi connectivity index (χ1v) is 8.42. The molecule has 27 heavy (non-hydrogen) atoms. The van der Waals surface area contributed by atoms with Crippen LogP contribution < -0.4 is 5.32 Å². The van der Waals surface area contributed by atoms with Crippen LogP contribution in [0.4, 0.5) is 18.9 Å². The van der Waals surface area contributed by atoms with Crippen molar-refractivity contribution >= 4 is 34.3 Å². The zero-order chi connectivity index (χ0) is 19.8. The zero-order valence-corrected chi connectivity index (χ0v) is 15.2. The van der Waals surface area contributed by atoms with Crippen molar-refractivity contribution < 1.29 is 22.5 Å². The molecule has 1 aromatic carbocycles. The second-order valence-corrected chi connectivity index (χ2v) is 6.45. The molecule has 9 heteroatoms. The molecule has 1 N–H and O–H groups in total. The van der Waals surface area contributed by atoms with Crippen LogP contribution in [0.3, 0.4) is 0 Å². The summed E-state index contributed by atoms with van der Waals surface area (Å²) >= 11 is 6.20. The minimum atomic E-state index is -4.47. The SMILES string of the molecule is Cc1nc2onc(CCC(=O)Nc3cccc(C(F)(F)F)c3)c2c(C)c1Cl. The van der Waals surface area contributed by atoms with Gasteiger partial charge in [0.05, 0.1) is 27.4 Å². The Morgan fingerprint density at radius 2 is 2.04 bits per heavy atom. The molecule has 0 fully saturated rings. The van der Waals surface area contributed by atoms with Crippen LogP contribution in [-0.4, -0.2) is 16.0 Å². The van der Waals surface area contributed by atoms with E-state index in [0.29, 0.717) is 27.5 Å². The summed E-state index contributed by atoms with van der Waals surface area (Å²) < 4.78 is 43.4. The highest BCUT2D eigenvalue weighted by molar-refractivity contribution is 6.32. The van der Waals surface area contributed by atoms with Crippen LogP contribution >= 0.6 is 11.6 Å². The largest absolute Gasteiger partial charge is 0.416 e. The van der Waals surface area contributed by atoms with E-state index in [1.165, 1.54) is 12.1 Å². The van der Waals surface area contributed by atoms with Crippen LogP contribution in [0.2, 0.25) is 5.02 Å². The standard InChI is InChI=1S/C18H15ClF3N3O2/c1-9-15-13(25-27-17(15)23-10(2)16(9)19)6-7-14(26)24-12-5-3-4-11(8-12)18(20,21)22/h3-5,8H,6-7H2,1-2H3,(H,24,26). The summed E-state index contributed by atoms with van der Waals surface area (Å²) in [6.07, 6.45) is -4.22. The molecule has 2 heterocycles. The average molecular weight is 398 g/mol. The van der Waals surface area contributed by atoms with Gasteiger partial charge in [-0.2, -0.15) is 13.2 Å². The zero-order valence-electron chi connectivity index (χ0n) is 14.4. The average Bonchev–Trinajstić information content (AvgIpc) is 3.00. The Balaban J connectivity index is 1.72. The molecule has 0 bridgehead atoms. The first-order valence-electron chi connectivity index (χ1n) is 8.05. The number of hydrogen-bond acceptors (Lipinski definition) is 4. The predicted octanol–water partition coefficient (Wildman–Crippen LogP) is 5.08. The monoisotopic (exact) mass is 397 g/mol. The Hall–Kier alpha value is -2.61. The fourth-order valence-electron chi connectivity index (χ4n) is 2.75. The molecular weight excluding hydrogens is 383 g/mol. The van der Waals surface area contributed by atoms with Gasteiger partial charge in [-0.1, -0.05) is 22.8 Å². The molecule has 0 aliphatic rings. The maximum Gasteiger partial charge on any atom is 0.416 e. The number of hydrogen-bond donors (Lipinski definition) is 1. The molecule has 0 spiro atoms. The lowest BCUT2D eigenvalue weighted by atomic mass is 10.1. The molecule has 0 atom stereocenters. The lowest BCUT2D eigenvalue weighted by Gasteiger charge is -2.09. The lowest BCUT2D eigenvalue weighted by molar-refractivity contribution is -0.137. The molecule has 0 unspecified atom stereocenters. The summed E-state index contributed by atoms with van der Waals surface area (Å²) in [6.45, 7) is 3.56. The van der Waals surface area contributed by atoms with Crippen LogP contribution in [0.5, 0.6) is 0 Å². The van der Waals surface area contributed by atoms with Crippen LogP contribution in [-0.2, 0) is 17.4 Å². The molecule has 3 aromatic rings. The van der Waals surface area contributed by atoms with Crippen molar-refractivity contribution in [3.05, 3.63) is 51.8 Å². The van der Waals surface area contributed by atoms with E-state index in [4.69, 9.17) is 16.1 Å². The molecule has 1 amide bonds. The van der Waals surface area contributed by atoms with Gasteiger partial charge in [0.15, 0.2) is 0 Å². The van der Waals surface area contributed by atoms with Crippen LogP contribution in [0.1, 0.15) is 28.9 Å². The van der Waals surface area contributed by atoms with Crippen molar-refractivity contribution in [3.8, 4) is 0 Å². The van der Waals surface area contributed by atoms with E-state index in [2.05, 4.69) is 15.5 Å². The minimum Gasteiger partial charge on any atom is -0.336 e. The smallest absolute Gasteiger partial charge is 0.336 e.